The van der Waals surface area contributed by atoms with Crippen LogP contribution in [0.25, 0.3) is 0 Å². The fraction of sp³-hybridized carbons (Fsp3) is 0.567. The van der Waals surface area contributed by atoms with Crippen LogP contribution in [0.15, 0.2) is 18.2 Å². The average Bonchev–Trinajstić information content (AvgIpc) is 3.22. The first kappa shape index (κ1) is 34.3. The molecule has 0 saturated carbocycles. The molecule has 1 aromatic carbocycles. The Bertz CT molecular complexity index is 1360. The molecular weight excluding hydrogens is 583 g/mol. The number of halogens is 1. The summed E-state index contributed by atoms with van der Waals surface area (Å²) in [4.78, 5) is 48.0. The maximum Gasteiger partial charge on any atom is 0.303 e. The summed E-state index contributed by atoms with van der Waals surface area (Å²) in [6.07, 6.45) is -6.64. The summed E-state index contributed by atoms with van der Waals surface area (Å²) in [5, 5.41) is 4.61. The molecule has 1 aliphatic heterocycles. The lowest BCUT2D eigenvalue weighted by Crippen LogP contribution is -2.63. The molecule has 242 valence electrons. The van der Waals surface area contributed by atoms with E-state index in [-0.39, 0.29) is 24.1 Å². The molecule has 0 N–H and O–H groups in total. The molecule has 2 aromatic rings. The van der Waals surface area contributed by atoms with E-state index in [0.29, 0.717) is 17.7 Å². The minimum absolute atomic E-state index is 0.0754. The third-order valence-electron chi connectivity index (χ3n) is 6.58. The molecule has 1 aliphatic rings. The normalized spacial score (nSPS) is 21.4. The van der Waals surface area contributed by atoms with E-state index in [2.05, 4.69) is 5.10 Å². The smallest absolute Gasteiger partial charge is 0.303 e. The van der Waals surface area contributed by atoms with Gasteiger partial charge >= 0.3 is 23.9 Å². The largest absolute Gasteiger partial charge is 0.491 e. The Morgan fingerprint density at radius 1 is 0.955 bits per heavy atom. The second-order valence-corrected chi connectivity index (χ2v) is 10.5. The second kappa shape index (κ2) is 15.0. The van der Waals surface area contributed by atoms with Crippen molar-refractivity contribution in [3.05, 3.63) is 40.8 Å². The van der Waals surface area contributed by atoms with E-state index >= 15 is 0 Å². The lowest BCUT2D eigenvalue weighted by molar-refractivity contribution is -0.289. The number of esters is 4. The number of carbonyl (C=O) groups is 4. The average molecular weight is 623 g/mol. The molecule has 1 fully saturated rings. The molecule has 1 aromatic heterocycles. The zero-order chi connectivity index (χ0) is 32.7. The topological polar surface area (TPSA) is 151 Å². The molecule has 5 atom stereocenters. The molecular formula is C30H39FN2O11. The van der Waals surface area contributed by atoms with Crippen molar-refractivity contribution in [3.8, 4) is 11.6 Å². The monoisotopic (exact) mass is 622 g/mol. The van der Waals surface area contributed by atoms with Gasteiger partial charge in [-0.1, -0.05) is 6.07 Å². The van der Waals surface area contributed by atoms with Gasteiger partial charge in [-0.15, -0.1) is 5.10 Å². The zero-order valence-corrected chi connectivity index (χ0v) is 26.1. The van der Waals surface area contributed by atoms with Gasteiger partial charge < -0.3 is 33.2 Å². The Hall–Kier alpha value is -4.20. The third-order valence-corrected chi connectivity index (χ3v) is 6.58. The van der Waals surface area contributed by atoms with Gasteiger partial charge in [0.25, 0.3) is 0 Å². The standard InChI is InChI=1S/C30H39FN2O11/c1-9-38-24-11-10-21(13-23(24)31)12-22-16(4)33(15(2)3)32-29(22)44-30-28(42-20(8)37)27(41-19(7)36)26(40-18(6)35)25(43-30)14-39-17(5)34/h10-11,13,15,25-28,30H,9,12,14H2,1-8H3/t25-,26-,27+,28-,30+/m1/s1. The van der Waals surface area contributed by atoms with Crippen LogP contribution in [0.5, 0.6) is 11.6 Å². The van der Waals surface area contributed by atoms with E-state index < -0.39 is 67.0 Å². The highest BCUT2D eigenvalue weighted by molar-refractivity contribution is 5.68. The maximum absolute atomic E-state index is 14.7. The van der Waals surface area contributed by atoms with Gasteiger partial charge in [-0.25, -0.2) is 4.39 Å². The van der Waals surface area contributed by atoms with Crippen LogP contribution in [0, 0.1) is 12.7 Å². The zero-order valence-electron chi connectivity index (χ0n) is 26.1. The molecule has 13 nitrogen and oxygen atoms in total. The quantitative estimate of drug-likeness (QED) is 0.252. The third kappa shape index (κ3) is 8.68. The molecule has 3 rings (SSSR count). The Morgan fingerprint density at radius 3 is 2.11 bits per heavy atom. The van der Waals surface area contributed by atoms with E-state index in [0.717, 1.165) is 26.5 Å². The van der Waals surface area contributed by atoms with Gasteiger partial charge in [-0.2, -0.15) is 0 Å². The summed E-state index contributed by atoms with van der Waals surface area (Å²) >= 11 is 0. The fourth-order valence-electron chi connectivity index (χ4n) is 4.85. The fourth-order valence-corrected chi connectivity index (χ4v) is 4.85. The number of ether oxygens (including phenoxy) is 7. The number of carbonyl (C=O) groups excluding carboxylic acids is 4. The van der Waals surface area contributed by atoms with Crippen LogP contribution in [0.1, 0.15) is 71.3 Å². The molecule has 0 radical (unpaired) electrons. The summed E-state index contributed by atoms with van der Waals surface area (Å²) in [5.41, 5.74) is 1.90. The van der Waals surface area contributed by atoms with E-state index in [4.69, 9.17) is 33.2 Å². The lowest BCUT2D eigenvalue weighted by atomic mass is 9.98. The van der Waals surface area contributed by atoms with Gasteiger partial charge in [-0.05, 0) is 45.4 Å². The Labute approximate surface area is 254 Å². The van der Waals surface area contributed by atoms with Crippen LogP contribution >= 0.6 is 0 Å². The van der Waals surface area contributed by atoms with Gasteiger partial charge in [0.1, 0.15) is 12.7 Å². The Morgan fingerprint density at radius 2 is 1.57 bits per heavy atom. The van der Waals surface area contributed by atoms with Crippen molar-refractivity contribution in [2.45, 2.75) is 98.6 Å². The molecule has 14 heteroatoms. The van der Waals surface area contributed by atoms with Gasteiger partial charge in [0.05, 0.1) is 6.61 Å². The number of benzene rings is 1. The van der Waals surface area contributed by atoms with E-state index in [1.165, 1.54) is 19.1 Å². The van der Waals surface area contributed by atoms with Crippen molar-refractivity contribution >= 4 is 23.9 Å². The summed E-state index contributed by atoms with van der Waals surface area (Å²) in [5.74, 6) is -3.25. The van der Waals surface area contributed by atoms with Gasteiger partial charge in [-0.3, -0.25) is 23.9 Å². The van der Waals surface area contributed by atoms with Gasteiger partial charge in [0.2, 0.25) is 18.3 Å². The number of rotatable bonds is 12. The molecule has 0 spiro atoms. The maximum atomic E-state index is 14.7. The van der Waals surface area contributed by atoms with Crippen LogP contribution < -0.4 is 9.47 Å². The highest BCUT2D eigenvalue weighted by Gasteiger charge is 2.53. The van der Waals surface area contributed by atoms with Crippen molar-refractivity contribution in [1.82, 2.24) is 9.78 Å². The van der Waals surface area contributed by atoms with E-state index in [1.807, 2.05) is 20.8 Å². The first-order chi connectivity index (χ1) is 20.7. The van der Waals surface area contributed by atoms with Crippen LogP contribution in [0.3, 0.4) is 0 Å². The molecule has 1 saturated heterocycles. The number of aromatic nitrogens is 2. The first-order valence-corrected chi connectivity index (χ1v) is 14.2. The minimum atomic E-state index is -1.47. The Balaban J connectivity index is 2.08. The summed E-state index contributed by atoms with van der Waals surface area (Å²) in [7, 11) is 0. The van der Waals surface area contributed by atoms with Crippen LogP contribution in [-0.2, 0) is 49.3 Å². The molecule has 44 heavy (non-hydrogen) atoms. The molecule has 0 bridgehead atoms. The SMILES string of the molecule is CCOc1ccc(Cc2c(O[C@@H]3O[C@H](COC(C)=O)[C@@H](OC(C)=O)[C@H](OC(C)=O)[C@H]3OC(C)=O)nn(C(C)C)c2C)cc1F. The molecule has 0 aliphatic carbocycles. The van der Waals surface area contributed by atoms with Gasteiger partial charge in [0, 0.05) is 51.4 Å². The van der Waals surface area contributed by atoms with Crippen molar-refractivity contribution < 1.29 is 56.7 Å². The molecule has 2 heterocycles. The summed E-state index contributed by atoms with van der Waals surface area (Å²) in [6, 6.07) is 4.52. The van der Waals surface area contributed by atoms with Crippen LogP contribution in [0.2, 0.25) is 0 Å². The van der Waals surface area contributed by atoms with Crippen molar-refractivity contribution in [2.75, 3.05) is 13.2 Å². The minimum Gasteiger partial charge on any atom is -0.491 e. The highest BCUT2D eigenvalue weighted by Crippen LogP contribution is 2.34. The van der Waals surface area contributed by atoms with Crippen LogP contribution in [0.4, 0.5) is 4.39 Å². The van der Waals surface area contributed by atoms with E-state index in [9.17, 15) is 23.6 Å². The number of hydrogen-bond donors (Lipinski definition) is 0. The van der Waals surface area contributed by atoms with Gasteiger partial charge in [0.15, 0.2) is 23.8 Å². The Kier molecular flexibility index (Phi) is 11.7. The molecule has 0 amide bonds. The first-order valence-electron chi connectivity index (χ1n) is 14.2. The molecule has 0 unspecified atom stereocenters. The predicted molar refractivity (Wildman–Crippen MR) is 150 cm³/mol. The highest BCUT2D eigenvalue weighted by atomic mass is 19.1. The van der Waals surface area contributed by atoms with E-state index in [1.54, 1.807) is 17.7 Å². The summed E-state index contributed by atoms with van der Waals surface area (Å²) < 4.78 is 55.6. The second-order valence-electron chi connectivity index (χ2n) is 10.5. The van der Waals surface area contributed by atoms with Crippen molar-refractivity contribution in [2.24, 2.45) is 0 Å². The number of hydrogen-bond acceptors (Lipinski definition) is 12. The van der Waals surface area contributed by atoms with Crippen LogP contribution in [-0.4, -0.2) is 77.6 Å². The number of nitrogens with zero attached hydrogens (tertiary/aromatic N) is 2. The predicted octanol–water partition coefficient (Wildman–Crippen LogP) is 3.36. The lowest BCUT2D eigenvalue weighted by Gasteiger charge is -2.43. The summed E-state index contributed by atoms with van der Waals surface area (Å²) in [6.45, 7) is 11.9. The van der Waals surface area contributed by atoms with Crippen molar-refractivity contribution in [3.63, 3.8) is 0 Å². The van der Waals surface area contributed by atoms with Crippen molar-refractivity contribution in [1.29, 1.82) is 0 Å².